The number of carbonyl (C=O) groups excluding carboxylic acids is 3. The molecule has 3 rings (SSSR count). The fourth-order valence-corrected chi connectivity index (χ4v) is 3.47. The standard InChI is InChI=1S/C16H12ClN3O4S/c17-13-9-4-1-2-6-11(9)25-14(13)16(23)18-8-12(21)19-20-15(22)10-5-3-7-24-10/h1-7H,8H2,(H,18,23)(H,19,21)(H,20,22). The number of rotatable bonds is 4. The molecule has 3 amide bonds. The van der Waals surface area contributed by atoms with Crippen LogP contribution in [0.1, 0.15) is 20.2 Å². The summed E-state index contributed by atoms with van der Waals surface area (Å²) in [6, 6.07) is 10.4. The van der Waals surface area contributed by atoms with Crippen molar-refractivity contribution in [2.75, 3.05) is 6.54 Å². The van der Waals surface area contributed by atoms with Gasteiger partial charge in [0.05, 0.1) is 17.8 Å². The van der Waals surface area contributed by atoms with E-state index < -0.39 is 17.7 Å². The lowest BCUT2D eigenvalue weighted by atomic mass is 10.2. The van der Waals surface area contributed by atoms with Crippen LogP contribution in [-0.2, 0) is 4.79 Å². The van der Waals surface area contributed by atoms with Crippen molar-refractivity contribution in [2.45, 2.75) is 0 Å². The van der Waals surface area contributed by atoms with Crippen LogP contribution in [0.2, 0.25) is 5.02 Å². The maximum absolute atomic E-state index is 12.2. The molecule has 3 aromatic rings. The fourth-order valence-electron chi connectivity index (χ4n) is 2.04. The lowest BCUT2D eigenvalue weighted by molar-refractivity contribution is -0.120. The molecular formula is C16H12ClN3O4S. The highest BCUT2D eigenvalue weighted by molar-refractivity contribution is 7.21. The summed E-state index contributed by atoms with van der Waals surface area (Å²) in [6.45, 7) is -0.318. The summed E-state index contributed by atoms with van der Waals surface area (Å²) in [6.07, 6.45) is 1.34. The van der Waals surface area contributed by atoms with Gasteiger partial charge in [0.25, 0.3) is 11.8 Å². The second-order valence-corrected chi connectivity index (χ2v) is 6.33. The number of nitrogens with one attached hydrogen (secondary N) is 3. The number of halogens is 1. The van der Waals surface area contributed by atoms with E-state index in [0.717, 1.165) is 10.1 Å². The van der Waals surface area contributed by atoms with Crippen LogP contribution in [-0.4, -0.2) is 24.3 Å². The molecule has 0 aliphatic carbocycles. The Balaban J connectivity index is 1.53. The SMILES string of the molecule is O=C(CNC(=O)c1sc2ccccc2c1Cl)NNC(=O)c1ccco1. The second-order valence-electron chi connectivity index (χ2n) is 4.90. The Kier molecular flexibility index (Phi) is 5.01. The van der Waals surface area contributed by atoms with Crippen molar-refractivity contribution in [1.82, 2.24) is 16.2 Å². The molecule has 2 aromatic heterocycles. The fraction of sp³-hybridized carbons (Fsp3) is 0.0625. The molecule has 0 spiro atoms. The number of carbonyl (C=O) groups is 3. The van der Waals surface area contributed by atoms with Gasteiger partial charge in [-0.25, -0.2) is 0 Å². The van der Waals surface area contributed by atoms with Crippen molar-refractivity contribution >= 4 is 50.7 Å². The molecule has 3 N–H and O–H groups in total. The average Bonchev–Trinajstić information content (AvgIpc) is 3.26. The van der Waals surface area contributed by atoms with Crippen LogP contribution < -0.4 is 16.2 Å². The molecule has 9 heteroatoms. The Labute approximate surface area is 150 Å². The third kappa shape index (κ3) is 3.81. The monoisotopic (exact) mass is 377 g/mol. The van der Waals surface area contributed by atoms with E-state index in [1.807, 2.05) is 24.3 Å². The first-order valence-electron chi connectivity index (χ1n) is 7.14. The molecule has 0 aliphatic rings. The molecule has 0 saturated heterocycles. The first kappa shape index (κ1) is 17.0. The Bertz CT molecular complexity index is 936. The van der Waals surface area contributed by atoms with Crippen molar-refractivity contribution in [3.63, 3.8) is 0 Å². The number of hydrazine groups is 1. The zero-order chi connectivity index (χ0) is 17.8. The molecule has 0 aliphatic heterocycles. The summed E-state index contributed by atoms with van der Waals surface area (Å²) in [7, 11) is 0. The van der Waals surface area contributed by atoms with E-state index in [2.05, 4.69) is 16.2 Å². The van der Waals surface area contributed by atoms with E-state index in [1.165, 1.54) is 23.7 Å². The van der Waals surface area contributed by atoms with Crippen LogP contribution in [0.4, 0.5) is 0 Å². The largest absolute Gasteiger partial charge is 0.459 e. The van der Waals surface area contributed by atoms with Gasteiger partial charge >= 0.3 is 5.91 Å². The summed E-state index contributed by atoms with van der Waals surface area (Å²) in [5.41, 5.74) is 4.35. The second kappa shape index (κ2) is 7.37. The maximum atomic E-state index is 12.2. The van der Waals surface area contributed by atoms with Gasteiger partial charge < -0.3 is 9.73 Å². The Morgan fingerprint density at radius 1 is 1.04 bits per heavy atom. The van der Waals surface area contributed by atoms with Crippen LogP contribution in [0.15, 0.2) is 47.1 Å². The van der Waals surface area contributed by atoms with E-state index in [-0.39, 0.29) is 12.3 Å². The Morgan fingerprint density at radius 3 is 2.56 bits per heavy atom. The lowest BCUT2D eigenvalue weighted by Gasteiger charge is -2.07. The van der Waals surface area contributed by atoms with Crippen LogP contribution in [0.25, 0.3) is 10.1 Å². The first-order chi connectivity index (χ1) is 12.1. The van der Waals surface area contributed by atoms with Crippen molar-refractivity contribution < 1.29 is 18.8 Å². The normalized spacial score (nSPS) is 10.4. The van der Waals surface area contributed by atoms with Crippen LogP contribution >= 0.6 is 22.9 Å². The predicted octanol–water partition coefficient (Wildman–Crippen LogP) is 2.34. The van der Waals surface area contributed by atoms with Crippen LogP contribution in [0.5, 0.6) is 0 Å². The summed E-state index contributed by atoms with van der Waals surface area (Å²) in [5, 5.41) is 3.60. The van der Waals surface area contributed by atoms with E-state index in [0.29, 0.717) is 9.90 Å². The number of thiophene rings is 1. The van der Waals surface area contributed by atoms with Gasteiger partial charge in [0.15, 0.2) is 5.76 Å². The lowest BCUT2D eigenvalue weighted by Crippen LogP contribution is -2.46. The van der Waals surface area contributed by atoms with E-state index in [1.54, 1.807) is 6.07 Å². The highest BCUT2D eigenvalue weighted by atomic mass is 35.5. The molecule has 0 bridgehead atoms. The quantitative estimate of drug-likeness (QED) is 0.607. The average molecular weight is 378 g/mol. The van der Waals surface area contributed by atoms with E-state index in [9.17, 15) is 14.4 Å². The molecule has 0 saturated carbocycles. The van der Waals surface area contributed by atoms with Crippen molar-refractivity contribution in [1.29, 1.82) is 0 Å². The molecule has 7 nitrogen and oxygen atoms in total. The predicted molar refractivity (Wildman–Crippen MR) is 93.5 cm³/mol. The Morgan fingerprint density at radius 2 is 1.84 bits per heavy atom. The number of hydrogen-bond donors (Lipinski definition) is 3. The zero-order valence-corrected chi connectivity index (χ0v) is 14.2. The highest BCUT2D eigenvalue weighted by Gasteiger charge is 2.17. The minimum absolute atomic E-state index is 0.0568. The molecule has 25 heavy (non-hydrogen) atoms. The highest BCUT2D eigenvalue weighted by Crippen LogP contribution is 2.34. The molecule has 128 valence electrons. The number of furan rings is 1. The van der Waals surface area contributed by atoms with Crippen molar-refractivity contribution in [2.24, 2.45) is 0 Å². The van der Waals surface area contributed by atoms with Crippen LogP contribution in [0.3, 0.4) is 0 Å². The summed E-state index contributed by atoms with van der Waals surface area (Å²) in [4.78, 5) is 35.8. The molecular weight excluding hydrogens is 366 g/mol. The molecule has 2 heterocycles. The van der Waals surface area contributed by atoms with Gasteiger partial charge in [-0.15, -0.1) is 11.3 Å². The number of fused-ring (bicyclic) bond motifs is 1. The van der Waals surface area contributed by atoms with E-state index >= 15 is 0 Å². The van der Waals surface area contributed by atoms with Gasteiger partial charge in [0.2, 0.25) is 0 Å². The van der Waals surface area contributed by atoms with Crippen molar-refractivity contribution in [3.8, 4) is 0 Å². The summed E-state index contributed by atoms with van der Waals surface area (Å²) >= 11 is 7.45. The Hall–Kier alpha value is -2.84. The van der Waals surface area contributed by atoms with Gasteiger partial charge in [-0.1, -0.05) is 29.8 Å². The van der Waals surface area contributed by atoms with Gasteiger partial charge in [0.1, 0.15) is 4.88 Å². The number of hydrogen-bond acceptors (Lipinski definition) is 5. The molecule has 0 atom stereocenters. The van der Waals surface area contributed by atoms with Gasteiger partial charge in [-0.05, 0) is 18.2 Å². The van der Waals surface area contributed by atoms with Gasteiger partial charge in [-0.3, -0.25) is 25.2 Å². The number of benzene rings is 1. The molecule has 1 aromatic carbocycles. The minimum atomic E-state index is -0.600. The van der Waals surface area contributed by atoms with Crippen molar-refractivity contribution in [3.05, 3.63) is 58.3 Å². The minimum Gasteiger partial charge on any atom is -0.459 e. The summed E-state index contributed by atoms with van der Waals surface area (Å²) in [5.74, 6) is -1.59. The smallest absolute Gasteiger partial charge is 0.305 e. The van der Waals surface area contributed by atoms with E-state index in [4.69, 9.17) is 16.0 Å². The van der Waals surface area contributed by atoms with Crippen LogP contribution in [0, 0.1) is 0 Å². The van der Waals surface area contributed by atoms with Gasteiger partial charge in [0, 0.05) is 10.1 Å². The first-order valence-corrected chi connectivity index (χ1v) is 8.33. The number of amides is 3. The molecule has 0 fully saturated rings. The maximum Gasteiger partial charge on any atom is 0.305 e. The summed E-state index contributed by atoms with van der Waals surface area (Å²) < 4.78 is 5.76. The van der Waals surface area contributed by atoms with Gasteiger partial charge in [-0.2, -0.15) is 0 Å². The zero-order valence-electron chi connectivity index (χ0n) is 12.7. The third-order valence-corrected chi connectivity index (χ3v) is 4.89. The molecule has 0 unspecified atom stereocenters. The third-order valence-electron chi connectivity index (χ3n) is 3.21. The molecule has 0 radical (unpaired) electrons. The topological polar surface area (TPSA) is 100 Å².